The fourth-order valence-corrected chi connectivity index (χ4v) is 7.20. The molecule has 2 amide bonds. The monoisotopic (exact) mass is 645 g/mol. The number of aromatic nitrogens is 1. The number of carbonyl (C=O) groups is 3. The SMILES string of the molecule is CCOC(=O)/C1=C(\CN2CCN3C(=O)N(C(C)(C)C)C[C@@H]3[C@H]2C(=O)O)CCC/C(c2nccs2)=N\[C@H]1c1cccc(F)c1Cl. The number of nitrogens with zero attached hydrogens (tertiary/aromatic N) is 5. The molecule has 3 atom stereocenters. The Bertz CT molecular complexity index is 1490. The second kappa shape index (κ2) is 12.9. The summed E-state index contributed by atoms with van der Waals surface area (Å²) in [7, 11) is 0. The third kappa shape index (κ3) is 6.25. The number of hydrogen-bond acceptors (Lipinski definition) is 8. The van der Waals surface area contributed by atoms with E-state index in [0.29, 0.717) is 54.2 Å². The average molecular weight is 646 g/mol. The van der Waals surface area contributed by atoms with Gasteiger partial charge in [-0.15, -0.1) is 11.3 Å². The number of carboxylic acid groups (broad SMARTS) is 1. The van der Waals surface area contributed by atoms with Crippen molar-refractivity contribution in [2.45, 2.75) is 70.6 Å². The molecule has 0 spiro atoms. The largest absolute Gasteiger partial charge is 0.480 e. The number of benzene rings is 1. The number of piperazine rings is 1. The molecule has 2 aromatic rings. The lowest BCUT2D eigenvalue weighted by atomic mass is 9.89. The number of halogens is 2. The Hall–Kier alpha value is -3.35. The van der Waals surface area contributed by atoms with Crippen molar-refractivity contribution in [2.24, 2.45) is 4.99 Å². The van der Waals surface area contributed by atoms with E-state index in [0.717, 1.165) is 0 Å². The van der Waals surface area contributed by atoms with E-state index in [4.69, 9.17) is 21.3 Å². The Morgan fingerprint density at radius 1 is 1.23 bits per heavy atom. The first-order valence-corrected chi connectivity index (χ1v) is 16.0. The normalized spacial score (nSPS) is 26.1. The van der Waals surface area contributed by atoms with E-state index >= 15 is 0 Å². The second-order valence-electron chi connectivity index (χ2n) is 12.1. The summed E-state index contributed by atoms with van der Waals surface area (Å²) < 4.78 is 20.4. The van der Waals surface area contributed by atoms with Crippen LogP contribution in [0.3, 0.4) is 0 Å². The van der Waals surface area contributed by atoms with E-state index in [2.05, 4.69) is 4.98 Å². The fourth-order valence-electron chi connectivity index (χ4n) is 6.31. The summed E-state index contributed by atoms with van der Waals surface area (Å²) >= 11 is 7.93. The van der Waals surface area contributed by atoms with Gasteiger partial charge in [0.05, 0.1) is 29.0 Å². The van der Waals surface area contributed by atoms with Gasteiger partial charge in [-0.3, -0.25) is 14.7 Å². The zero-order valence-electron chi connectivity index (χ0n) is 25.3. The molecule has 10 nitrogen and oxygen atoms in total. The molecule has 1 aromatic heterocycles. The Labute approximate surface area is 265 Å². The maximum Gasteiger partial charge on any atom is 0.336 e. The number of amides is 2. The second-order valence-corrected chi connectivity index (χ2v) is 13.4. The number of ether oxygens (including phenoxy) is 1. The van der Waals surface area contributed by atoms with Crippen molar-refractivity contribution >= 4 is 46.6 Å². The van der Waals surface area contributed by atoms with Gasteiger partial charge < -0.3 is 19.6 Å². The highest BCUT2D eigenvalue weighted by atomic mass is 35.5. The number of carboxylic acids is 1. The van der Waals surface area contributed by atoms with Crippen LogP contribution in [0, 0.1) is 5.82 Å². The predicted octanol–water partition coefficient (Wildman–Crippen LogP) is 5.18. The van der Waals surface area contributed by atoms with Gasteiger partial charge in [0.1, 0.15) is 22.9 Å². The summed E-state index contributed by atoms with van der Waals surface area (Å²) in [5.74, 6) is -2.29. The van der Waals surface area contributed by atoms with Gasteiger partial charge in [-0.05, 0) is 58.6 Å². The van der Waals surface area contributed by atoms with Gasteiger partial charge in [0, 0.05) is 48.9 Å². The number of aliphatic carboxylic acids is 1. The Morgan fingerprint density at radius 2 is 2.00 bits per heavy atom. The van der Waals surface area contributed by atoms with Gasteiger partial charge in [-0.25, -0.2) is 19.0 Å². The zero-order chi connectivity index (χ0) is 31.8. The van der Waals surface area contributed by atoms with Crippen molar-refractivity contribution in [1.29, 1.82) is 0 Å². The van der Waals surface area contributed by atoms with E-state index in [1.165, 1.54) is 23.5 Å². The molecule has 1 N–H and O–H groups in total. The molecule has 44 heavy (non-hydrogen) atoms. The van der Waals surface area contributed by atoms with Crippen molar-refractivity contribution in [2.75, 3.05) is 32.8 Å². The number of hydrogen-bond donors (Lipinski definition) is 1. The van der Waals surface area contributed by atoms with Gasteiger partial charge in [-0.2, -0.15) is 0 Å². The molecule has 0 saturated carbocycles. The summed E-state index contributed by atoms with van der Waals surface area (Å²) in [5.41, 5.74) is 1.40. The predicted molar refractivity (Wildman–Crippen MR) is 166 cm³/mol. The van der Waals surface area contributed by atoms with Crippen molar-refractivity contribution in [3.63, 3.8) is 0 Å². The number of aliphatic imine (C=N–C) groups is 1. The van der Waals surface area contributed by atoms with Crippen LogP contribution in [-0.4, -0.2) is 98.9 Å². The van der Waals surface area contributed by atoms with E-state index in [1.807, 2.05) is 31.1 Å². The van der Waals surface area contributed by atoms with Gasteiger partial charge in [-0.1, -0.05) is 23.7 Å². The molecule has 0 radical (unpaired) electrons. The van der Waals surface area contributed by atoms with Crippen LogP contribution in [0.1, 0.15) is 63.6 Å². The molecule has 3 aliphatic rings. The molecule has 0 bridgehead atoms. The van der Waals surface area contributed by atoms with E-state index in [1.54, 1.807) is 29.0 Å². The van der Waals surface area contributed by atoms with Gasteiger partial charge in [0.25, 0.3) is 0 Å². The van der Waals surface area contributed by atoms with Crippen LogP contribution >= 0.6 is 22.9 Å². The number of thiazole rings is 1. The number of carbonyl (C=O) groups excluding carboxylic acids is 2. The highest BCUT2D eigenvalue weighted by Gasteiger charge is 2.51. The van der Waals surface area contributed by atoms with Crippen molar-refractivity contribution < 1.29 is 28.6 Å². The maximum atomic E-state index is 14.8. The minimum atomic E-state index is -1.04. The summed E-state index contributed by atoms with van der Waals surface area (Å²) in [4.78, 5) is 54.5. The lowest BCUT2D eigenvalue weighted by Gasteiger charge is -2.42. The fraction of sp³-hybridized carbons (Fsp3) is 0.516. The molecule has 0 unspecified atom stereocenters. The number of fused-ring (bicyclic) bond motifs is 1. The van der Waals surface area contributed by atoms with Crippen LogP contribution in [0.25, 0.3) is 0 Å². The summed E-state index contributed by atoms with van der Waals surface area (Å²) in [5, 5.41) is 12.9. The topological polar surface area (TPSA) is 116 Å². The first-order chi connectivity index (χ1) is 20.9. The summed E-state index contributed by atoms with van der Waals surface area (Å²) in [6.45, 7) is 8.68. The third-order valence-corrected chi connectivity index (χ3v) is 9.59. The minimum absolute atomic E-state index is 0.103. The molecular weight excluding hydrogens is 609 g/mol. The van der Waals surface area contributed by atoms with Crippen molar-refractivity contribution in [3.8, 4) is 0 Å². The van der Waals surface area contributed by atoms with Gasteiger partial charge in [0.2, 0.25) is 0 Å². The summed E-state index contributed by atoms with van der Waals surface area (Å²) in [6.07, 6.45) is 3.30. The quantitative estimate of drug-likeness (QED) is 0.413. The Kier molecular flexibility index (Phi) is 9.43. The average Bonchev–Trinajstić information content (AvgIpc) is 3.60. The lowest BCUT2D eigenvalue weighted by Crippen LogP contribution is -2.62. The van der Waals surface area contributed by atoms with E-state index in [9.17, 15) is 23.9 Å². The van der Waals surface area contributed by atoms with Crippen LogP contribution < -0.4 is 0 Å². The smallest absolute Gasteiger partial charge is 0.336 e. The molecule has 236 valence electrons. The van der Waals surface area contributed by atoms with Crippen LogP contribution in [0.2, 0.25) is 5.02 Å². The van der Waals surface area contributed by atoms with E-state index < -0.39 is 41.4 Å². The molecule has 4 heterocycles. The molecule has 1 aromatic carbocycles. The molecule has 2 fully saturated rings. The van der Waals surface area contributed by atoms with Crippen molar-refractivity contribution in [1.82, 2.24) is 19.7 Å². The molecule has 5 rings (SSSR count). The van der Waals surface area contributed by atoms with Crippen LogP contribution in [0.15, 0.2) is 45.9 Å². The summed E-state index contributed by atoms with van der Waals surface area (Å²) in [6, 6.07) is 1.69. The molecule has 2 saturated heterocycles. The standard InChI is InChI=1S/C31H37ClFN5O5S/c1-5-43-29(41)23-18(16-36-13-14-37-22(26(36)28(39)40)17-38(30(37)42)31(2,3)4)8-6-11-21(27-34-12-15-44-27)35-25(23)19-9-7-10-20(33)24(19)32/h7,9-10,12,15,22,25-26H,5-6,8,11,13-14,16-17H2,1-4H3,(H,39,40)/b23-18-,35-21+/t22-,25+,26+/m1/s1. The van der Waals surface area contributed by atoms with Gasteiger partial charge in [0.15, 0.2) is 0 Å². The number of urea groups is 1. The molecule has 13 heteroatoms. The molecule has 0 aliphatic carbocycles. The first-order valence-electron chi connectivity index (χ1n) is 14.8. The van der Waals surface area contributed by atoms with Crippen LogP contribution in [-0.2, 0) is 14.3 Å². The van der Waals surface area contributed by atoms with Crippen LogP contribution in [0.4, 0.5) is 9.18 Å². The maximum absolute atomic E-state index is 14.8. The van der Waals surface area contributed by atoms with Gasteiger partial charge >= 0.3 is 18.0 Å². The highest BCUT2D eigenvalue weighted by Crippen LogP contribution is 2.39. The number of esters is 1. The van der Waals surface area contributed by atoms with Crippen molar-refractivity contribution in [3.05, 3.63) is 62.3 Å². The highest BCUT2D eigenvalue weighted by molar-refractivity contribution is 7.11. The Morgan fingerprint density at radius 3 is 2.66 bits per heavy atom. The first kappa shape index (κ1) is 32.1. The molecule has 3 aliphatic heterocycles. The lowest BCUT2D eigenvalue weighted by molar-refractivity contribution is -0.147. The van der Waals surface area contributed by atoms with Crippen LogP contribution in [0.5, 0.6) is 0 Å². The number of rotatable bonds is 7. The molecular formula is C31H37ClFN5O5S. The van der Waals surface area contributed by atoms with E-state index in [-0.39, 0.29) is 36.3 Å². The Balaban J connectivity index is 1.61. The minimum Gasteiger partial charge on any atom is -0.480 e. The zero-order valence-corrected chi connectivity index (χ0v) is 26.8. The third-order valence-electron chi connectivity index (χ3n) is 8.37.